The summed E-state index contributed by atoms with van der Waals surface area (Å²) in [4.78, 5) is 2.54. The zero-order chi connectivity index (χ0) is 12.3. The maximum Gasteiger partial charge on any atom is 0.0597 e. The van der Waals surface area contributed by atoms with Crippen LogP contribution < -0.4 is 5.32 Å². The Morgan fingerprint density at radius 1 is 1.47 bits per heavy atom. The topological polar surface area (TPSA) is 33.1 Å². The van der Waals surface area contributed by atoms with Crippen molar-refractivity contribution in [2.24, 2.45) is 0 Å². The normalized spacial score (nSPS) is 21.9. The van der Waals surface area contributed by atoms with Crippen molar-refractivity contribution in [2.75, 3.05) is 19.6 Å². The molecule has 1 unspecified atom stereocenters. The Balaban J connectivity index is 1.99. The number of piperazine rings is 1. The molecule has 2 rings (SSSR count). The minimum Gasteiger partial charge on any atom is -0.311 e. The van der Waals surface area contributed by atoms with Gasteiger partial charge in [-0.3, -0.25) is 9.58 Å². The van der Waals surface area contributed by atoms with Gasteiger partial charge in [0.15, 0.2) is 0 Å². The summed E-state index contributed by atoms with van der Waals surface area (Å²) in [5.74, 6) is 0. The van der Waals surface area contributed by atoms with E-state index in [0.29, 0.717) is 6.04 Å². The minimum atomic E-state index is 0.655. The van der Waals surface area contributed by atoms with Crippen LogP contribution in [-0.4, -0.2) is 40.4 Å². The lowest BCUT2D eigenvalue weighted by atomic mass is 10.1. The molecular weight excluding hydrogens is 212 g/mol. The van der Waals surface area contributed by atoms with Gasteiger partial charge in [0.1, 0.15) is 0 Å². The van der Waals surface area contributed by atoms with Crippen LogP contribution >= 0.6 is 0 Å². The van der Waals surface area contributed by atoms with Gasteiger partial charge < -0.3 is 5.32 Å². The molecule has 1 aromatic rings. The first-order valence-electron chi connectivity index (χ1n) is 6.72. The van der Waals surface area contributed by atoms with Gasteiger partial charge in [-0.05, 0) is 26.3 Å². The van der Waals surface area contributed by atoms with Crippen molar-refractivity contribution in [3.05, 3.63) is 17.5 Å². The van der Waals surface area contributed by atoms with Crippen molar-refractivity contribution in [1.29, 1.82) is 0 Å². The predicted molar refractivity (Wildman–Crippen MR) is 70.0 cm³/mol. The van der Waals surface area contributed by atoms with Crippen LogP contribution in [0, 0.1) is 6.92 Å². The first-order valence-corrected chi connectivity index (χ1v) is 6.72. The second-order valence-corrected chi connectivity index (χ2v) is 4.89. The summed E-state index contributed by atoms with van der Waals surface area (Å²) in [6.07, 6.45) is 1.21. The predicted octanol–water partition coefficient (Wildman–Crippen LogP) is 1.40. The molecule has 17 heavy (non-hydrogen) atoms. The average Bonchev–Trinajstić information content (AvgIpc) is 2.69. The van der Waals surface area contributed by atoms with E-state index in [2.05, 4.69) is 46.8 Å². The first-order chi connectivity index (χ1) is 8.22. The third-order valence-electron chi connectivity index (χ3n) is 3.50. The number of aryl methyl sites for hydroxylation is 2. The molecule has 1 fully saturated rings. The summed E-state index contributed by atoms with van der Waals surface area (Å²) >= 11 is 0. The Labute approximate surface area is 104 Å². The van der Waals surface area contributed by atoms with Crippen molar-refractivity contribution in [3.63, 3.8) is 0 Å². The van der Waals surface area contributed by atoms with Crippen LogP contribution in [0.2, 0.25) is 0 Å². The highest BCUT2D eigenvalue weighted by atomic mass is 15.3. The Morgan fingerprint density at radius 2 is 2.29 bits per heavy atom. The largest absolute Gasteiger partial charge is 0.311 e. The molecule has 1 atom stereocenters. The molecule has 0 amide bonds. The molecule has 1 aliphatic heterocycles. The van der Waals surface area contributed by atoms with E-state index in [0.717, 1.165) is 38.4 Å². The van der Waals surface area contributed by atoms with Crippen LogP contribution in [0.25, 0.3) is 0 Å². The number of nitrogens with one attached hydrogen (secondary N) is 1. The van der Waals surface area contributed by atoms with Crippen LogP contribution in [0.15, 0.2) is 6.07 Å². The number of hydrogen-bond acceptors (Lipinski definition) is 3. The smallest absolute Gasteiger partial charge is 0.0597 e. The molecule has 96 valence electrons. The van der Waals surface area contributed by atoms with Crippen molar-refractivity contribution >= 4 is 0 Å². The van der Waals surface area contributed by atoms with Crippen molar-refractivity contribution < 1.29 is 0 Å². The molecule has 0 bridgehead atoms. The molecule has 0 spiro atoms. The fourth-order valence-corrected chi connectivity index (χ4v) is 2.54. The lowest BCUT2D eigenvalue weighted by Gasteiger charge is -2.33. The first kappa shape index (κ1) is 12.6. The van der Waals surface area contributed by atoms with Crippen LogP contribution in [0.3, 0.4) is 0 Å². The quantitative estimate of drug-likeness (QED) is 0.858. The lowest BCUT2D eigenvalue weighted by Crippen LogP contribution is -2.50. The van der Waals surface area contributed by atoms with E-state index in [1.165, 1.54) is 12.1 Å². The fourth-order valence-electron chi connectivity index (χ4n) is 2.54. The summed E-state index contributed by atoms with van der Waals surface area (Å²) in [6.45, 7) is 11.9. The van der Waals surface area contributed by atoms with Crippen molar-refractivity contribution in [3.8, 4) is 0 Å². The van der Waals surface area contributed by atoms with E-state index in [9.17, 15) is 0 Å². The van der Waals surface area contributed by atoms with Gasteiger partial charge in [-0.15, -0.1) is 0 Å². The van der Waals surface area contributed by atoms with Gasteiger partial charge in [-0.2, -0.15) is 5.10 Å². The van der Waals surface area contributed by atoms with Gasteiger partial charge in [-0.25, -0.2) is 0 Å². The number of nitrogens with zero attached hydrogens (tertiary/aromatic N) is 3. The van der Waals surface area contributed by atoms with Gasteiger partial charge in [0.2, 0.25) is 0 Å². The van der Waals surface area contributed by atoms with Crippen LogP contribution in [0.4, 0.5) is 0 Å². The highest BCUT2D eigenvalue weighted by Crippen LogP contribution is 2.10. The molecule has 0 aliphatic carbocycles. The second kappa shape index (κ2) is 5.65. The molecule has 2 heterocycles. The number of rotatable bonds is 4. The maximum atomic E-state index is 4.51. The summed E-state index contributed by atoms with van der Waals surface area (Å²) < 4.78 is 2.12. The van der Waals surface area contributed by atoms with Crippen LogP contribution in [0.1, 0.15) is 31.7 Å². The van der Waals surface area contributed by atoms with Crippen molar-refractivity contribution in [2.45, 2.75) is 46.3 Å². The van der Waals surface area contributed by atoms with Gasteiger partial charge in [0, 0.05) is 38.8 Å². The van der Waals surface area contributed by atoms with Gasteiger partial charge in [0.25, 0.3) is 0 Å². The highest BCUT2D eigenvalue weighted by molar-refractivity contribution is 5.09. The molecule has 4 heteroatoms. The third kappa shape index (κ3) is 3.07. The van der Waals surface area contributed by atoms with Gasteiger partial charge in [0.05, 0.1) is 11.4 Å². The Kier molecular flexibility index (Phi) is 4.18. The van der Waals surface area contributed by atoms with E-state index in [1.54, 1.807) is 0 Å². The zero-order valence-electron chi connectivity index (χ0n) is 11.2. The van der Waals surface area contributed by atoms with E-state index < -0.39 is 0 Å². The standard InChI is InChI=1S/C13H24N4/c1-4-12-9-16(7-6-14-12)10-13-8-11(3)15-17(13)5-2/h8,12,14H,4-7,9-10H2,1-3H3. The molecule has 0 saturated carbocycles. The number of hydrogen-bond donors (Lipinski definition) is 1. The van der Waals surface area contributed by atoms with Gasteiger partial charge in [-0.1, -0.05) is 6.92 Å². The SMILES string of the molecule is CCC1CN(Cc2cc(C)nn2CC)CCN1. The summed E-state index contributed by atoms with van der Waals surface area (Å²) in [6, 6.07) is 2.87. The Morgan fingerprint density at radius 3 is 3.00 bits per heavy atom. The van der Waals surface area contributed by atoms with Crippen LogP contribution in [-0.2, 0) is 13.1 Å². The summed E-state index contributed by atoms with van der Waals surface area (Å²) in [7, 11) is 0. The second-order valence-electron chi connectivity index (χ2n) is 4.89. The van der Waals surface area contributed by atoms with E-state index >= 15 is 0 Å². The molecular formula is C13H24N4. The maximum absolute atomic E-state index is 4.51. The Bertz CT molecular complexity index is 358. The van der Waals surface area contributed by atoms with E-state index in [4.69, 9.17) is 0 Å². The highest BCUT2D eigenvalue weighted by Gasteiger charge is 2.18. The fraction of sp³-hybridized carbons (Fsp3) is 0.769. The zero-order valence-corrected chi connectivity index (χ0v) is 11.2. The van der Waals surface area contributed by atoms with Gasteiger partial charge >= 0.3 is 0 Å². The Hall–Kier alpha value is -0.870. The molecule has 1 N–H and O–H groups in total. The van der Waals surface area contributed by atoms with E-state index in [-0.39, 0.29) is 0 Å². The molecule has 1 saturated heterocycles. The molecule has 1 aliphatic rings. The summed E-state index contributed by atoms with van der Waals surface area (Å²) in [5, 5.41) is 8.06. The third-order valence-corrected chi connectivity index (χ3v) is 3.50. The molecule has 0 radical (unpaired) electrons. The monoisotopic (exact) mass is 236 g/mol. The van der Waals surface area contributed by atoms with Crippen LogP contribution in [0.5, 0.6) is 0 Å². The van der Waals surface area contributed by atoms with E-state index in [1.807, 2.05) is 0 Å². The number of aromatic nitrogens is 2. The summed E-state index contributed by atoms with van der Waals surface area (Å²) in [5.41, 5.74) is 2.48. The molecule has 1 aromatic heterocycles. The molecule has 0 aromatic carbocycles. The van der Waals surface area contributed by atoms with Crippen molar-refractivity contribution in [1.82, 2.24) is 20.0 Å². The molecule has 4 nitrogen and oxygen atoms in total. The lowest BCUT2D eigenvalue weighted by molar-refractivity contribution is 0.185. The average molecular weight is 236 g/mol. The minimum absolute atomic E-state index is 0.655.